The zero-order chi connectivity index (χ0) is 11.4. The first-order chi connectivity index (χ1) is 7.79. The Bertz CT molecular complexity index is 321. The van der Waals surface area contributed by atoms with Crippen molar-refractivity contribution in [3.8, 4) is 0 Å². The van der Waals surface area contributed by atoms with E-state index in [9.17, 15) is 0 Å². The van der Waals surface area contributed by atoms with E-state index in [2.05, 4.69) is 17.2 Å². The number of likely N-dealkylation sites (N-methyl/N-ethyl adjacent to an activating group) is 1. The maximum Gasteiger partial charge on any atom is 0.207 e. The Balaban J connectivity index is 1.95. The van der Waals surface area contributed by atoms with Gasteiger partial charge in [-0.25, -0.2) is 4.98 Å². The van der Waals surface area contributed by atoms with E-state index in [1.165, 1.54) is 25.0 Å². The quantitative estimate of drug-likeness (QED) is 0.878. The molecular weight excluding hydrogens is 220 g/mol. The predicted molar refractivity (Wildman–Crippen MR) is 67.8 cm³/mol. The maximum absolute atomic E-state index is 5.82. The second-order valence-electron chi connectivity index (χ2n) is 4.41. The lowest BCUT2D eigenvalue weighted by atomic mass is 10.2. The minimum atomic E-state index is 0.444. The van der Waals surface area contributed by atoms with Crippen LogP contribution in [0.15, 0.2) is 10.6 Å². The lowest BCUT2D eigenvalue weighted by Crippen LogP contribution is -2.23. The Morgan fingerprint density at radius 1 is 1.62 bits per heavy atom. The van der Waals surface area contributed by atoms with Crippen LogP contribution in [0.1, 0.15) is 43.1 Å². The topological polar surface area (TPSA) is 38.1 Å². The highest BCUT2D eigenvalue weighted by Crippen LogP contribution is 2.37. The molecule has 1 aliphatic heterocycles. The van der Waals surface area contributed by atoms with Crippen LogP contribution in [-0.4, -0.2) is 23.8 Å². The normalized spacial score (nSPS) is 23.2. The Hall–Kier alpha value is -0.480. The third-order valence-electron chi connectivity index (χ3n) is 3.03. The van der Waals surface area contributed by atoms with Crippen LogP contribution in [-0.2, 0) is 6.42 Å². The fraction of sp³-hybridized carbons (Fsp3) is 0.750. The molecule has 2 atom stereocenters. The van der Waals surface area contributed by atoms with Crippen molar-refractivity contribution >= 4 is 11.8 Å². The summed E-state index contributed by atoms with van der Waals surface area (Å²) in [5, 5.41) is 3.70. The van der Waals surface area contributed by atoms with Crippen LogP contribution in [0, 0.1) is 0 Å². The molecular formula is C12H20N2OS. The van der Waals surface area contributed by atoms with E-state index in [-0.39, 0.29) is 0 Å². The minimum absolute atomic E-state index is 0.444. The zero-order valence-electron chi connectivity index (χ0n) is 10.0. The molecule has 0 amide bonds. The molecule has 0 saturated carbocycles. The van der Waals surface area contributed by atoms with Gasteiger partial charge in [-0.3, -0.25) is 0 Å². The van der Waals surface area contributed by atoms with Gasteiger partial charge in [0.05, 0.1) is 11.4 Å². The van der Waals surface area contributed by atoms with Crippen molar-refractivity contribution in [3.63, 3.8) is 0 Å². The molecule has 1 saturated heterocycles. The molecule has 2 heterocycles. The molecule has 1 aromatic rings. The molecule has 0 aromatic carbocycles. The van der Waals surface area contributed by atoms with Gasteiger partial charge in [-0.05, 0) is 32.6 Å². The summed E-state index contributed by atoms with van der Waals surface area (Å²) in [6, 6.07) is 0.444. The minimum Gasteiger partial charge on any atom is -0.444 e. The van der Waals surface area contributed by atoms with Gasteiger partial charge < -0.3 is 9.73 Å². The summed E-state index contributed by atoms with van der Waals surface area (Å²) in [7, 11) is 1.97. The van der Waals surface area contributed by atoms with Crippen molar-refractivity contribution in [3.05, 3.63) is 17.8 Å². The highest BCUT2D eigenvalue weighted by atomic mass is 32.2. The van der Waals surface area contributed by atoms with Gasteiger partial charge in [0.15, 0.2) is 0 Å². The lowest BCUT2D eigenvalue weighted by molar-refractivity contribution is 0.422. The molecule has 0 aliphatic carbocycles. The first-order valence-electron chi connectivity index (χ1n) is 6.03. The number of hydrogen-bond acceptors (Lipinski definition) is 4. The highest BCUT2D eigenvalue weighted by molar-refractivity contribution is 7.99. The largest absolute Gasteiger partial charge is 0.444 e. The van der Waals surface area contributed by atoms with E-state index in [1.807, 2.05) is 25.0 Å². The van der Waals surface area contributed by atoms with Crippen molar-refractivity contribution in [1.29, 1.82) is 0 Å². The molecule has 2 rings (SSSR count). The average molecular weight is 240 g/mol. The summed E-state index contributed by atoms with van der Waals surface area (Å²) in [6.45, 7) is 2.15. The van der Waals surface area contributed by atoms with Crippen molar-refractivity contribution in [1.82, 2.24) is 10.3 Å². The Kier molecular flexibility index (Phi) is 4.29. The summed E-state index contributed by atoms with van der Waals surface area (Å²) in [4.78, 5) is 4.41. The molecule has 2 unspecified atom stereocenters. The second-order valence-corrected chi connectivity index (χ2v) is 5.72. The third kappa shape index (κ3) is 3.01. The number of nitrogens with one attached hydrogen (secondary N) is 1. The van der Waals surface area contributed by atoms with Crippen LogP contribution >= 0.6 is 11.8 Å². The molecule has 0 bridgehead atoms. The Morgan fingerprint density at radius 2 is 2.50 bits per heavy atom. The summed E-state index contributed by atoms with van der Waals surface area (Å²) < 4.78 is 5.82. The SMILES string of the molecule is CNC(C)Cc1cnc(C2CCCCS2)o1. The first-order valence-corrected chi connectivity index (χ1v) is 7.08. The number of hydrogen-bond donors (Lipinski definition) is 1. The number of oxazole rings is 1. The van der Waals surface area contributed by atoms with E-state index in [0.29, 0.717) is 11.3 Å². The monoisotopic (exact) mass is 240 g/mol. The molecule has 16 heavy (non-hydrogen) atoms. The number of rotatable bonds is 4. The van der Waals surface area contributed by atoms with Gasteiger partial charge in [0, 0.05) is 12.5 Å². The van der Waals surface area contributed by atoms with Crippen LogP contribution in [0.2, 0.25) is 0 Å². The standard InChI is InChI=1S/C12H20N2OS/c1-9(13-2)7-10-8-14-12(15-10)11-5-3-4-6-16-11/h8-9,11,13H,3-7H2,1-2H3. The van der Waals surface area contributed by atoms with Gasteiger partial charge in [0.2, 0.25) is 5.89 Å². The fourth-order valence-electron chi connectivity index (χ4n) is 1.91. The molecule has 1 aromatic heterocycles. The number of aromatic nitrogens is 1. The number of nitrogens with zero attached hydrogens (tertiary/aromatic N) is 1. The van der Waals surface area contributed by atoms with Crippen LogP contribution in [0.25, 0.3) is 0 Å². The Labute approximate surface area is 101 Å². The molecule has 4 heteroatoms. The van der Waals surface area contributed by atoms with Gasteiger partial charge >= 0.3 is 0 Å². The van der Waals surface area contributed by atoms with Gasteiger partial charge in [-0.1, -0.05) is 6.42 Å². The highest BCUT2D eigenvalue weighted by Gasteiger charge is 2.21. The van der Waals surface area contributed by atoms with Crippen molar-refractivity contribution < 1.29 is 4.42 Å². The average Bonchev–Trinajstić information content (AvgIpc) is 2.78. The van der Waals surface area contributed by atoms with Crippen molar-refractivity contribution in [2.45, 2.75) is 43.9 Å². The van der Waals surface area contributed by atoms with Crippen molar-refractivity contribution in [2.24, 2.45) is 0 Å². The molecule has 90 valence electrons. The molecule has 1 aliphatic rings. The van der Waals surface area contributed by atoms with Crippen LogP contribution in [0.4, 0.5) is 0 Å². The fourth-order valence-corrected chi connectivity index (χ4v) is 3.15. The molecule has 1 fully saturated rings. The molecule has 0 radical (unpaired) electrons. The van der Waals surface area contributed by atoms with E-state index in [4.69, 9.17) is 4.42 Å². The number of thioether (sulfide) groups is 1. The van der Waals surface area contributed by atoms with Crippen LogP contribution < -0.4 is 5.32 Å². The molecule has 0 spiro atoms. The summed E-state index contributed by atoms with van der Waals surface area (Å²) >= 11 is 1.98. The second kappa shape index (κ2) is 5.73. The smallest absolute Gasteiger partial charge is 0.207 e. The first kappa shape index (κ1) is 12.0. The van der Waals surface area contributed by atoms with E-state index < -0.39 is 0 Å². The van der Waals surface area contributed by atoms with Gasteiger partial charge in [0.1, 0.15) is 5.76 Å². The predicted octanol–water partition coefficient (Wildman–Crippen LogP) is 2.78. The van der Waals surface area contributed by atoms with Gasteiger partial charge in [-0.2, -0.15) is 0 Å². The van der Waals surface area contributed by atoms with E-state index >= 15 is 0 Å². The van der Waals surface area contributed by atoms with Crippen molar-refractivity contribution in [2.75, 3.05) is 12.8 Å². The maximum atomic E-state index is 5.82. The zero-order valence-corrected chi connectivity index (χ0v) is 10.8. The summed E-state index contributed by atoms with van der Waals surface area (Å²) in [5.74, 6) is 3.18. The van der Waals surface area contributed by atoms with E-state index in [0.717, 1.165) is 18.1 Å². The third-order valence-corrected chi connectivity index (χ3v) is 4.39. The van der Waals surface area contributed by atoms with Gasteiger partial charge in [-0.15, -0.1) is 11.8 Å². The molecule has 1 N–H and O–H groups in total. The van der Waals surface area contributed by atoms with E-state index in [1.54, 1.807) is 0 Å². The Morgan fingerprint density at radius 3 is 3.19 bits per heavy atom. The lowest BCUT2D eigenvalue weighted by Gasteiger charge is -2.17. The van der Waals surface area contributed by atoms with Crippen LogP contribution in [0.3, 0.4) is 0 Å². The molecule has 3 nitrogen and oxygen atoms in total. The summed E-state index contributed by atoms with van der Waals surface area (Å²) in [5.41, 5.74) is 0. The summed E-state index contributed by atoms with van der Waals surface area (Å²) in [6.07, 6.45) is 6.67. The van der Waals surface area contributed by atoms with Crippen LogP contribution in [0.5, 0.6) is 0 Å². The van der Waals surface area contributed by atoms with Gasteiger partial charge in [0.25, 0.3) is 0 Å².